The average molecular weight is 231 g/mol. The topological polar surface area (TPSA) is 23.5 Å². The highest BCUT2D eigenvalue weighted by atomic mass is 19.1. The lowest BCUT2D eigenvalue weighted by atomic mass is 10.0. The van der Waals surface area contributed by atoms with Crippen molar-refractivity contribution in [1.29, 1.82) is 0 Å². The van der Waals surface area contributed by atoms with Crippen LogP contribution in [-0.4, -0.2) is 42.4 Å². The van der Waals surface area contributed by atoms with Crippen molar-refractivity contribution in [3.8, 4) is 0 Å². The Labute approximate surface area is 98.8 Å². The summed E-state index contributed by atoms with van der Waals surface area (Å²) >= 11 is 0. The first-order valence-electron chi connectivity index (χ1n) is 6.63. The Morgan fingerprint density at radius 2 is 1.75 bits per heavy atom. The first-order valence-corrected chi connectivity index (χ1v) is 6.63. The molecule has 0 aromatic heterocycles. The van der Waals surface area contributed by atoms with Crippen molar-refractivity contribution in [1.82, 2.24) is 4.90 Å². The van der Waals surface area contributed by atoms with Gasteiger partial charge in [-0.3, -0.25) is 0 Å². The predicted molar refractivity (Wildman–Crippen MR) is 65.3 cm³/mol. The van der Waals surface area contributed by atoms with Crippen LogP contribution in [0.1, 0.15) is 46.0 Å². The second-order valence-corrected chi connectivity index (χ2v) is 5.32. The van der Waals surface area contributed by atoms with Gasteiger partial charge in [0.05, 0.1) is 0 Å². The molecule has 2 aliphatic rings. The van der Waals surface area contributed by atoms with Crippen molar-refractivity contribution in [2.75, 3.05) is 26.2 Å². The first kappa shape index (κ1) is 13.9. The summed E-state index contributed by atoms with van der Waals surface area (Å²) < 4.78 is 12.8. The molecule has 0 aromatic rings. The van der Waals surface area contributed by atoms with Gasteiger partial charge in [0.15, 0.2) is 0 Å². The van der Waals surface area contributed by atoms with Crippen LogP contribution in [0.3, 0.4) is 0 Å². The number of piperidine rings is 1. The molecule has 2 rings (SSSR count). The molecule has 96 valence electrons. The summed E-state index contributed by atoms with van der Waals surface area (Å²) in [5.74, 6) is 0. The number of rotatable bonds is 3. The van der Waals surface area contributed by atoms with Gasteiger partial charge in [-0.25, -0.2) is 4.39 Å². The molecule has 1 saturated heterocycles. The Kier molecular flexibility index (Phi) is 5.70. The van der Waals surface area contributed by atoms with Gasteiger partial charge in [-0.2, -0.15) is 0 Å². The van der Waals surface area contributed by atoms with E-state index in [1.54, 1.807) is 0 Å². The van der Waals surface area contributed by atoms with Crippen LogP contribution in [-0.2, 0) is 0 Å². The van der Waals surface area contributed by atoms with E-state index in [-0.39, 0.29) is 5.41 Å². The number of nitrogens with zero attached hydrogens (tertiary/aromatic N) is 1. The largest absolute Gasteiger partial charge is 0.396 e. The Morgan fingerprint density at radius 3 is 2.12 bits per heavy atom. The van der Waals surface area contributed by atoms with E-state index in [1.165, 1.54) is 6.42 Å². The number of halogens is 1. The van der Waals surface area contributed by atoms with Crippen molar-refractivity contribution < 1.29 is 9.50 Å². The third-order valence-electron chi connectivity index (χ3n) is 3.37. The molecule has 0 amide bonds. The zero-order valence-corrected chi connectivity index (χ0v) is 10.7. The number of likely N-dealkylation sites (tertiary alicyclic amines) is 1. The second-order valence-electron chi connectivity index (χ2n) is 5.32. The highest BCUT2D eigenvalue weighted by Gasteiger charge is 2.43. The molecular weight excluding hydrogens is 205 g/mol. The van der Waals surface area contributed by atoms with E-state index >= 15 is 0 Å². The van der Waals surface area contributed by atoms with Crippen molar-refractivity contribution >= 4 is 0 Å². The molecule has 1 N–H and O–H groups in total. The van der Waals surface area contributed by atoms with Gasteiger partial charge in [0.25, 0.3) is 0 Å². The molecular formula is C13H26FNO. The molecule has 0 spiro atoms. The zero-order chi connectivity index (χ0) is 12.0. The fourth-order valence-electron chi connectivity index (χ4n) is 2.08. The van der Waals surface area contributed by atoms with Crippen LogP contribution in [0.15, 0.2) is 0 Å². The maximum absolute atomic E-state index is 12.8. The number of alkyl halides is 1. The van der Waals surface area contributed by atoms with Gasteiger partial charge >= 0.3 is 0 Å². The normalized spacial score (nSPS) is 24.8. The van der Waals surface area contributed by atoms with Crippen LogP contribution in [0.4, 0.5) is 4.39 Å². The van der Waals surface area contributed by atoms with Crippen molar-refractivity contribution in [3.63, 3.8) is 0 Å². The summed E-state index contributed by atoms with van der Waals surface area (Å²) in [7, 11) is 0. The van der Waals surface area contributed by atoms with E-state index in [9.17, 15) is 4.39 Å². The van der Waals surface area contributed by atoms with Gasteiger partial charge < -0.3 is 10.0 Å². The van der Waals surface area contributed by atoms with Gasteiger partial charge in [0.1, 0.15) is 6.17 Å². The van der Waals surface area contributed by atoms with Gasteiger partial charge in [-0.15, -0.1) is 0 Å². The smallest absolute Gasteiger partial charge is 0.103 e. The zero-order valence-electron chi connectivity index (χ0n) is 10.7. The lowest BCUT2D eigenvalue weighted by Crippen LogP contribution is -2.39. The Hall–Kier alpha value is -0.150. The quantitative estimate of drug-likeness (QED) is 0.807. The molecule has 1 saturated carbocycles. The van der Waals surface area contributed by atoms with E-state index in [0.29, 0.717) is 19.4 Å². The lowest BCUT2D eigenvalue weighted by molar-refractivity contribution is 0.104. The van der Waals surface area contributed by atoms with Crippen LogP contribution in [0.25, 0.3) is 0 Å². The minimum absolute atomic E-state index is 0.198. The number of aliphatic hydroxyl groups is 1. The second kappa shape index (κ2) is 6.55. The van der Waals surface area contributed by atoms with Gasteiger partial charge in [-0.05, 0) is 25.7 Å². The molecule has 2 nitrogen and oxygen atoms in total. The summed E-state index contributed by atoms with van der Waals surface area (Å²) in [6, 6.07) is 0. The molecule has 16 heavy (non-hydrogen) atoms. The van der Waals surface area contributed by atoms with E-state index < -0.39 is 6.17 Å². The summed E-state index contributed by atoms with van der Waals surface area (Å²) in [6.45, 7) is 7.30. The van der Waals surface area contributed by atoms with Gasteiger partial charge in [0, 0.05) is 31.7 Å². The Bertz CT molecular complexity index is 186. The van der Waals surface area contributed by atoms with Crippen LogP contribution in [0, 0.1) is 5.41 Å². The minimum Gasteiger partial charge on any atom is -0.396 e. The van der Waals surface area contributed by atoms with Gasteiger partial charge in [-0.1, -0.05) is 20.3 Å². The standard InChI is InChI=1S/C10H18FNO.C3H8/c11-9-1-5-12(6-2-9)7-10(8-13)3-4-10;1-3-2/h9,13H,1-8H2;3H2,1-2H3. The SMILES string of the molecule is CCC.OCC1(CN2CCC(F)CC2)CC1. The summed E-state index contributed by atoms with van der Waals surface area (Å²) in [4.78, 5) is 2.30. The lowest BCUT2D eigenvalue weighted by Gasteiger charge is -2.31. The molecule has 1 aliphatic heterocycles. The van der Waals surface area contributed by atoms with Crippen LogP contribution >= 0.6 is 0 Å². The Balaban J connectivity index is 0.000000386. The molecule has 0 atom stereocenters. The first-order chi connectivity index (χ1) is 7.65. The van der Waals surface area contributed by atoms with Gasteiger partial charge in [0.2, 0.25) is 0 Å². The number of hydrogen-bond donors (Lipinski definition) is 1. The third-order valence-corrected chi connectivity index (χ3v) is 3.37. The Morgan fingerprint density at radius 1 is 1.25 bits per heavy atom. The monoisotopic (exact) mass is 231 g/mol. The fourth-order valence-corrected chi connectivity index (χ4v) is 2.08. The number of hydrogen-bond acceptors (Lipinski definition) is 2. The van der Waals surface area contributed by atoms with Crippen LogP contribution < -0.4 is 0 Å². The molecule has 3 heteroatoms. The average Bonchev–Trinajstić information content (AvgIpc) is 3.04. The minimum atomic E-state index is -0.583. The maximum Gasteiger partial charge on any atom is 0.103 e. The molecule has 0 radical (unpaired) electrons. The van der Waals surface area contributed by atoms with Crippen LogP contribution in [0.5, 0.6) is 0 Å². The third kappa shape index (κ3) is 4.38. The van der Waals surface area contributed by atoms with E-state index in [4.69, 9.17) is 5.11 Å². The highest BCUT2D eigenvalue weighted by molar-refractivity contribution is 4.95. The molecule has 1 aliphatic carbocycles. The fraction of sp³-hybridized carbons (Fsp3) is 1.00. The summed E-state index contributed by atoms with van der Waals surface area (Å²) in [6.07, 6.45) is 4.33. The van der Waals surface area contributed by atoms with Crippen molar-refractivity contribution in [3.05, 3.63) is 0 Å². The van der Waals surface area contributed by atoms with Crippen molar-refractivity contribution in [2.45, 2.75) is 52.1 Å². The molecule has 0 unspecified atom stereocenters. The van der Waals surface area contributed by atoms with E-state index in [1.807, 2.05) is 0 Å². The molecule has 0 bridgehead atoms. The van der Waals surface area contributed by atoms with E-state index in [0.717, 1.165) is 32.5 Å². The molecule has 1 heterocycles. The number of aliphatic hydroxyl groups excluding tert-OH is 1. The van der Waals surface area contributed by atoms with Crippen molar-refractivity contribution in [2.24, 2.45) is 5.41 Å². The molecule has 2 fully saturated rings. The predicted octanol–water partition coefficient (Wildman–Crippen LogP) is 2.61. The highest BCUT2D eigenvalue weighted by Crippen LogP contribution is 2.45. The van der Waals surface area contributed by atoms with E-state index in [2.05, 4.69) is 18.7 Å². The summed E-state index contributed by atoms with van der Waals surface area (Å²) in [5.41, 5.74) is 0.198. The molecule has 0 aromatic carbocycles. The maximum atomic E-state index is 12.8. The summed E-state index contributed by atoms with van der Waals surface area (Å²) in [5, 5.41) is 9.14. The van der Waals surface area contributed by atoms with Crippen LogP contribution in [0.2, 0.25) is 0 Å².